The van der Waals surface area contributed by atoms with Gasteiger partial charge in [-0.2, -0.15) is 13.2 Å². The summed E-state index contributed by atoms with van der Waals surface area (Å²) in [5, 5.41) is 10.2. The van der Waals surface area contributed by atoms with Gasteiger partial charge in [0.15, 0.2) is 0 Å². The van der Waals surface area contributed by atoms with E-state index in [1.165, 1.54) is 12.1 Å². The second-order valence-electron chi connectivity index (χ2n) is 4.41. The van der Waals surface area contributed by atoms with Crippen molar-refractivity contribution in [3.63, 3.8) is 0 Å². The lowest BCUT2D eigenvalue weighted by molar-refractivity contribution is -0.385. The van der Waals surface area contributed by atoms with Crippen molar-refractivity contribution >= 4 is 5.69 Å². The lowest BCUT2D eigenvalue weighted by Gasteiger charge is -2.05. The number of aryl methyl sites for hydroxylation is 2. The minimum absolute atomic E-state index is 0. The summed E-state index contributed by atoms with van der Waals surface area (Å²) in [6.07, 6.45) is -4.22. The van der Waals surface area contributed by atoms with Gasteiger partial charge in [0.2, 0.25) is 0 Å². The van der Waals surface area contributed by atoms with E-state index in [4.69, 9.17) is 0 Å². The van der Waals surface area contributed by atoms with E-state index in [1.54, 1.807) is 38.1 Å². The molecular formula is C18H24F3NO2. The molecule has 0 spiro atoms. The number of benzene rings is 2. The molecule has 0 aliphatic heterocycles. The fourth-order valence-corrected chi connectivity index (χ4v) is 1.59. The number of rotatable bonds is 1. The van der Waals surface area contributed by atoms with E-state index < -0.39 is 11.7 Å². The van der Waals surface area contributed by atoms with Crippen LogP contribution in [0.1, 0.15) is 38.0 Å². The lowest BCUT2D eigenvalue weighted by atomic mass is 10.1. The Balaban J connectivity index is 0. The quantitative estimate of drug-likeness (QED) is 0.433. The number of alkyl halides is 3. The maximum atomic E-state index is 12.0. The molecule has 0 heterocycles. The van der Waals surface area contributed by atoms with Crippen LogP contribution in [0.25, 0.3) is 0 Å². The molecule has 0 unspecified atom stereocenters. The molecular weight excluding hydrogens is 319 g/mol. The van der Waals surface area contributed by atoms with E-state index in [9.17, 15) is 23.3 Å². The zero-order valence-corrected chi connectivity index (χ0v) is 13.5. The third kappa shape index (κ3) is 8.31. The van der Waals surface area contributed by atoms with Gasteiger partial charge in [0, 0.05) is 11.6 Å². The highest BCUT2D eigenvalue weighted by Crippen LogP contribution is 2.29. The molecule has 0 radical (unpaired) electrons. The molecule has 134 valence electrons. The molecule has 2 rings (SSSR count). The Morgan fingerprint density at radius 1 is 0.958 bits per heavy atom. The summed E-state index contributed by atoms with van der Waals surface area (Å²) in [7, 11) is 0. The summed E-state index contributed by atoms with van der Waals surface area (Å²) in [6.45, 7) is 7.35. The summed E-state index contributed by atoms with van der Waals surface area (Å²) in [5.41, 5.74) is 0.923. The second-order valence-corrected chi connectivity index (χ2v) is 4.41. The highest BCUT2D eigenvalue weighted by molar-refractivity contribution is 5.38. The number of hydrogen-bond acceptors (Lipinski definition) is 2. The molecule has 0 aliphatic carbocycles. The van der Waals surface area contributed by atoms with E-state index in [0.717, 1.165) is 12.1 Å². The Morgan fingerprint density at radius 2 is 1.50 bits per heavy atom. The SMILES string of the molecule is C.CC.Cc1cccc(C(F)(F)F)c1.Cc1ccccc1[N+](=O)[O-]. The van der Waals surface area contributed by atoms with Gasteiger partial charge in [-0.25, -0.2) is 0 Å². The molecule has 0 saturated heterocycles. The Labute approximate surface area is 141 Å². The highest BCUT2D eigenvalue weighted by atomic mass is 19.4. The molecule has 0 amide bonds. The van der Waals surface area contributed by atoms with Crippen molar-refractivity contribution in [3.05, 3.63) is 75.3 Å². The largest absolute Gasteiger partial charge is 0.416 e. The van der Waals surface area contributed by atoms with Gasteiger partial charge in [0.25, 0.3) is 5.69 Å². The van der Waals surface area contributed by atoms with Gasteiger partial charge in [-0.05, 0) is 19.9 Å². The zero-order valence-electron chi connectivity index (χ0n) is 13.5. The number of nitro groups is 1. The van der Waals surface area contributed by atoms with Crippen LogP contribution in [0.3, 0.4) is 0 Å². The van der Waals surface area contributed by atoms with Crippen molar-refractivity contribution in [2.45, 2.75) is 41.3 Å². The first kappa shape index (κ1) is 23.9. The van der Waals surface area contributed by atoms with Crippen LogP contribution in [0, 0.1) is 24.0 Å². The number of halogens is 3. The number of hydrogen-bond donors (Lipinski definition) is 0. The van der Waals surface area contributed by atoms with Crippen LogP contribution in [-0.4, -0.2) is 4.92 Å². The number of nitrogens with zero attached hydrogens (tertiary/aromatic N) is 1. The fourth-order valence-electron chi connectivity index (χ4n) is 1.59. The predicted molar refractivity (Wildman–Crippen MR) is 92.1 cm³/mol. The van der Waals surface area contributed by atoms with Crippen molar-refractivity contribution in [1.29, 1.82) is 0 Å². The molecule has 3 nitrogen and oxygen atoms in total. The van der Waals surface area contributed by atoms with E-state index in [2.05, 4.69) is 0 Å². The molecule has 0 aliphatic rings. The molecule has 0 saturated carbocycles. The average molecular weight is 343 g/mol. The van der Waals surface area contributed by atoms with Crippen molar-refractivity contribution in [2.24, 2.45) is 0 Å². The maximum Gasteiger partial charge on any atom is 0.416 e. The molecule has 0 aromatic heterocycles. The Morgan fingerprint density at radius 3 is 1.83 bits per heavy atom. The summed E-state index contributed by atoms with van der Waals surface area (Å²) in [6, 6.07) is 11.9. The van der Waals surface area contributed by atoms with Gasteiger partial charge in [0.05, 0.1) is 10.5 Å². The monoisotopic (exact) mass is 343 g/mol. The van der Waals surface area contributed by atoms with Gasteiger partial charge in [-0.1, -0.05) is 63.2 Å². The second kappa shape index (κ2) is 11.2. The van der Waals surface area contributed by atoms with Gasteiger partial charge >= 0.3 is 6.18 Å². The van der Waals surface area contributed by atoms with Crippen LogP contribution in [0.2, 0.25) is 0 Å². The van der Waals surface area contributed by atoms with Crippen molar-refractivity contribution < 1.29 is 18.1 Å². The summed E-state index contributed by atoms with van der Waals surface area (Å²) >= 11 is 0. The predicted octanol–water partition coefficient (Wildman–Crippen LogP) is 6.58. The van der Waals surface area contributed by atoms with Gasteiger partial charge in [-0.15, -0.1) is 0 Å². The lowest BCUT2D eigenvalue weighted by Crippen LogP contribution is -2.04. The topological polar surface area (TPSA) is 43.1 Å². The van der Waals surface area contributed by atoms with Crippen molar-refractivity contribution in [3.8, 4) is 0 Å². The fraction of sp³-hybridized carbons (Fsp3) is 0.333. The molecule has 2 aromatic rings. The minimum Gasteiger partial charge on any atom is -0.258 e. The van der Waals surface area contributed by atoms with Crippen LogP contribution in [-0.2, 0) is 6.18 Å². The van der Waals surface area contributed by atoms with Crippen LogP contribution in [0.15, 0.2) is 48.5 Å². The first-order valence-corrected chi connectivity index (χ1v) is 7.05. The van der Waals surface area contributed by atoms with Crippen LogP contribution in [0.4, 0.5) is 18.9 Å². The molecule has 0 atom stereocenters. The molecule has 0 bridgehead atoms. The Bertz CT molecular complexity index is 626. The third-order valence-corrected chi connectivity index (χ3v) is 2.66. The van der Waals surface area contributed by atoms with E-state index in [1.807, 2.05) is 13.8 Å². The number of para-hydroxylation sites is 1. The van der Waals surface area contributed by atoms with Gasteiger partial charge in [-0.3, -0.25) is 10.1 Å². The Kier molecular flexibility index (Phi) is 11.2. The molecule has 24 heavy (non-hydrogen) atoms. The molecule has 2 aromatic carbocycles. The summed E-state index contributed by atoms with van der Waals surface area (Å²) in [4.78, 5) is 9.85. The average Bonchev–Trinajstić information content (AvgIpc) is 2.49. The first-order chi connectivity index (χ1) is 10.7. The van der Waals surface area contributed by atoms with E-state index >= 15 is 0 Å². The maximum absolute atomic E-state index is 12.0. The van der Waals surface area contributed by atoms with Crippen molar-refractivity contribution in [1.82, 2.24) is 0 Å². The smallest absolute Gasteiger partial charge is 0.258 e. The molecule has 6 heteroatoms. The first-order valence-electron chi connectivity index (χ1n) is 7.05. The highest BCUT2D eigenvalue weighted by Gasteiger charge is 2.29. The van der Waals surface area contributed by atoms with Gasteiger partial charge < -0.3 is 0 Å². The van der Waals surface area contributed by atoms with E-state index in [-0.39, 0.29) is 18.0 Å². The standard InChI is InChI=1S/C8H7F3.C7H7NO2.C2H6.CH4/c1-6-3-2-4-7(5-6)8(9,10)11;1-6-4-2-3-5-7(6)8(9)10;1-2;/h2-5H,1H3;2-5H,1H3;1-2H3;1H4. The third-order valence-electron chi connectivity index (χ3n) is 2.66. The summed E-state index contributed by atoms with van der Waals surface area (Å²) in [5.74, 6) is 0. The van der Waals surface area contributed by atoms with E-state index in [0.29, 0.717) is 11.1 Å². The summed E-state index contributed by atoms with van der Waals surface area (Å²) < 4.78 is 35.9. The normalized spacial score (nSPS) is 9.46. The van der Waals surface area contributed by atoms with Crippen LogP contribution in [0.5, 0.6) is 0 Å². The van der Waals surface area contributed by atoms with Crippen LogP contribution < -0.4 is 0 Å². The van der Waals surface area contributed by atoms with Gasteiger partial charge in [0.1, 0.15) is 0 Å². The molecule has 0 N–H and O–H groups in total. The Hall–Kier alpha value is -2.37. The number of nitro benzene ring substituents is 1. The zero-order chi connectivity index (χ0) is 18.0. The molecule has 0 fully saturated rings. The van der Waals surface area contributed by atoms with Crippen LogP contribution >= 0.6 is 0 Å². The minimum atomic E-state index is -4.22. The van der Waals surface area contributed by atoms with Crippen molar-refractivity contribution in [2.75, 3.05) is 0 Å².